The number of morpholine rings is 1. The smallest absolute Gasteiger partial charge is 0.251 e. The first kappa shape index (κ1) is 20.5. The van der Waals surface area contributed by atoms with Gasteiger partial charge >= 0.3 is 0 Å². The Bertz CT molecular complexity index is 769. The molecule has 0 saturated carbocycles. The number of pyridine rings is 1. The van der Waals surface area contributed by atoms with Gasteiger partial charge < -0.3 is 19.5 Å². The van der Waals surface area contributed by atoms with Crippen LogP contribution in [-0.4, -0.2) is 43.9 Å². The number of anilines is 2. The second-order valence-electron chi connectivity index (χ2n) is 7.57. The van der Waals surface area contributed by atoms with Gasteiger partial charge in [-0.1, -0.05) is 50.6 Å². The number of aromatic nitrogens is 1. The molecule has 1 aromatic carbocycles. The fraction of sp³-hybridized carbons (Fsp3) is 0.522. The van der Waals surface area contributed by atoms with E-state index < -0.39 is 0 Å². The molecule has 2 aromatic rings. The lowest BCUT2D eigenvalue weighted by Gasteiger charge is -2.31. The topological polar surface area (TPSA) is 48.6 Å². The highest BCUT2D eigenvalue weighted by Crippen LogP contribution is 2.28. The lowest BCUT2D eigenvalue weighted by molar-refractivity contribution is 0.122. The quantitative estimate of drug-likeness (QED) is 0.871. The highest BCUT2D eigenvalue weighted by Gasteiger charge is 2.26. The van der Waals surface area contributed by atoms with Crippen LogP contribution in [0.25, 0.3) is 0 Å². The van der Waals surface area contributed by atoms with E-state index in [0.29, 0.717) is 6.04 Å². The van der Waals surface area contributed by atoms with E-state index >= 15 is 0 Å². The monoisotopic (exact) mass is 383 g/mol. The fourth-order valence-electron chi connectivity index (χ4n) is 3.92. The van der Waals surface area contributed by atoms with Crippen molar-refractivity contribution in [1.82, 2.24) is 4.98 Å². The molecular formula is C23H33N3O2. The molecule has 152 valence electrons. The van der Waals surface area contributed by atoms with E-state index in [0.717, 1.165) is 50.8 Å². The molecule has 0 spiro atoms. The maximum absolute atomic E-state index is 12.2. The first-order valence-corrected chi connectivity index (χ1v) is 10.6. The van der Waals surface area contributed by atoms with Crippen LogP contribution in [0.2, 0.25) is 0 Å². The Balaban J connectivity index is 0.000000706. The average Bonchev–Trinajstić information content (AvgIpc) is 3.18. The third-order valence-electron chi connectivity index (χ3n) is 5.19. The minimum Gasteiger partial charge on any atom is -0.378 e. The molecule has 1 aromatic heterocycles. The Hall–Kier alpha value is -2.27. The summed E-state index contributed by atoms with van der Waals surface area (Å²) >= 11 is 0. The molecule has 5 heteroatoms. The summed E-state index contributed by atoms with van der Waals surface area (Å²) in [5.74, 6) is 0.951. The standard InChI is InChI=1S/C20H25N3O2.C3H8/c24-20-15-18(22-9-11-25-12-10-22)14-19(21-20)23-8-4-7-17(23)13-16-5-2-1-3-6-16;1-3-2/h1-3,5-6,14-15,17H,4,7-13H2,(H,21,24);3H2,1-2H3. The number of hydrogen-bond acceptors (Lipinski definition) is 4. The zero-order valence-electron chi connectivity index (χ0n) is 17.2. The Morgan fingerprint density at radius 2 is 1.79 bits per heavy atom. The highest BCUT2D eigenvalue weighted by molar-refractivity contribution is 5.56. The second kappa shape index (κ2) is 10.3. The van der Waals surface area contributed by atoms with Crippen LogP contribution in [-0.2, 0) is 11.2 Å². The fourth-order valence-corrected chi connectivity index (χ4v) is 3.92. The second-order valence-corrected chi connectivity index (χ2v) is 7.57. The molecule has 0 bridgehead atoms. The molecule has 0 radical (unpaired) electrons. The van der Waals surface area contributed by atoms with Gasteiger partial charge in [0.15, 0.2) is 0 Å². The Kier molecular flexibility index (Phi) is 7.54. The van der Waals surface area contributed by atoms with Crippen molar-refractivity contribution in [2.24, 2.45) is 0 Å². The Morgan fingerprint density at radius 1 is 1.07 bits per heavy atom. The maximum atomic E-state index is 12.2. The summed E-state index contributed by atoms with van der Waals surface area (Å²) in [6.07, 6.45) is 4.60. The number of ether oxygens (including phenoxy) is 1. The molecule has 1 N–H and O–H groups in total. The zero-order chi connectivity index (χ0) is 19.8. The molecule has 4 rings (SSSR count). The van der Waals surface area contributed by atoms with Gasteiger partial charge in [0.1, 0.15) is 5.82 Å². The van der Waals surface area contributed by atoms with Gasteiger partial charge in [0.25, 0.3) is 5.56 Å². The summed E-state index contributed by atoms with van der Waals surface area (Å²) in [5.41, 5.74) is 2.34. The highest BCUT2D eigenvalue weighted by atomic mass is 16.5. The summed E-state index contributed by atoms with van der Waals surface area (Å²) in [7, 11) is 0. The van der Waals surface area contributed by atoms with Crippen molar-refractivity contribution >= 4 is 11.5 Å². The number of rotatable bonds is 4. The van der Waals surface area contributed by atoms with E-state index in [2.05, 4.69) is 65.0 Å². The van der Waals surface area contributed by atoms with E-state index in [1.165, 1.54) is 24.8 Å². The lowest BCUT2D eigenvalue weighted by Crippen LogP contribution is -2.37. The van der Waals surface area contributed by atoms with Crippen LogP contribution >= 0.6 is 0 Å². The normalized spacial score (nSPS) is 19.3. The van der Waals surface area contributed by atoms with Crippen LogP contribution in [0.1, 0.15) is 38.7 Å². The van der Waals surface area contributed by atoms with Crippen LogP contribution in [0, 0.1) is 0 Å². The first-order chi connectivity index (χ1) is 13.7. The van der Waals surface area contributed by atoms with Gasteiger partial charge in [-0.15, -0.1) is 0 Å². The van der Waals surface area contributed by atoms with Crippen molar-refractivity contribution in [3.63, 3.8) is 0 Å². The molecule has 2 saturated heterocycles. The van der Waals surface area contributed by atoms with Gasteiger partial charge in [0.05, 0.1) is 13.2 Å². The van der Waals surface area contributed by atoms with Crippen molar-refractivity contribution in [3.8, 4) is 0 Å². The molecular weight excluding hydrogens is 350 g/mol. The van der Waals surface area contributed by atoms with Crippen molar-refractivity contribution in [3.05, 3.63) is 58.4 Å². The van der Waals surface area contributed by atoms with E-state index in [9.17, 15) is 4.79 Å². The van der Waals surface area contributed by atoms with Crippen molar-refractivity contribution < 1.29 is 4.74 Å². The van der Waals surface area contributed by atoms with Gasteiger partial charge in [-0.2, -0.15) is 0 Å². The maximum Gasteiger partial charge on any atom is 0.251 e. The largest absolute Gasteiger partial charge is 0.378 e. The minimum absolute atomic E-state index is 0.0237. The first-order valence-electron chi connectivity index (χ1n) is 10.6. The molecule has 2 aliphatic heterocycles. The van der Waals surface area contributed by atoms with Gasteiger partial charge in [-0.25, -0.2) is 0 Å². The van der Waals surface area contributed by atoms with Gasteiger partial charge in [0, 0.05) is 43.5 Å². The van der Waals surface area contributed by atoms with Gasteiger partial charge in [-0.3, -0.25) is 4.79 Å². The third-order valence-corrected chi connectivity index (χ3v) is 5.19. The van der Waals surface area contributed by atoms with Crippen molar-refractivity contribution in [1.29, 1.82) is 0 Å². The average molecular weight is 384 g/mol. The molecule has 0 aliphatic carbocycles. The SMILES string of the molecule is CCC.O=c1cc(N2CCOCC2)cc(N2CCCC2Cc2ccccc2)[nH]1. The van der Waals surface area contributed by atoms with E-state index in [1.54, 1.807) is 6.07 Å². The summed E-state index contributed by atoms with van der Waals surface area (Å²) in [6, 6.07) is 14.9. The summed E-state index contributed by atoms with van der Waals surface area (Å²) in [5, 5.41) is 0. The molecule has 5 nitrogen and oxygen atoms in total. The number of hydrogen-bond donors (Lipinski definition) is 1. The minimum atomic E-state index is -0.0237. The Labute approximate surface area is 168 Å². The van der Waals surface area contributed by atoms with E-state index in [1.807, 2.05) is 0 Å². The molecule has 1 atom stereocenters. The van der Waals surface area contributed by atoms with Crippen LogP contribution in [0.5, 0.6) is 0 Å². The molecule has 2 aliphatic rings. The molecule has 28 heavy (non-hydrogen) atoms. The lowest BCUT2D eigenvalue weighted by atomic mass is 10.0. The Morgan fingerprint density at radius 3 is 2.50 bits per heavy atom. The van der Waals surface area contributed by atoms with Crippen LogP contribution in [0.4, 0.5) is 11.5 Å². The third kappa shape index (κ3) is 5.38. The molecule has 1 unspecified atom stereocenters. The van der Waals surface area contributed by atoms with Crippen molar-refractivity contribution in [2.45, 2.75) is 45.6 Å². The summed E-state index contributed by atoms with van der Waals surface area (Å²) < 4.78 is 5.43. The molecule has 0 amide bonds. The summed E-state index contributed by atoms with van der Waals surface area (Å²) in [4.78, 5) is 19.9. The van der Waals surface area contributed by atoms with Crippen LogP contribution in [0.3, 0.4) is 0 Å². The predicted octanol–water partition coefficient (Wildman–Crippen LogP) is 3.84. The molecule has 3 heterocycles. The number of H-pyrrole nitrogens is 1. The predicted molar refractivity (Wildman–Crippen MR) is 117 cm³/mol. The van der Waals surface area contributed by atoms with Crippen LogP contribution in [0.15, 0.2) is 47.3 Å². The van der Waals surface area contributed by atoms with Crippen LogP contribution < -0.4 is 15.4 Å². The number of nitrogens with one attached hydrogen (secondary N) is 1. The number of nitrogens with zero attached hydrogens (tertiary/aromatic N) is 2. The van der Waals surface area contributed by atoms with E-state index in [-0.39, 0.29) is 5.56 Å². The van der Waals surface area contributed by atoms with Crippen molar-refractivity contribution in [2.75, 3.05) is 42.6 Å². The van der Waals surface area contributed by atoms with E-state index in [4.69, 9.17) is 4.74 Å². The van der Waals surface area contributed by atoms with Gasteiger partial charge in [-0.05, 0) is 24.8 Å². The zero-order valence-corrected chi connectivity index (χ0v) is 17.2. The molecule has 2 fully saturated rings. The number of aromatic amines is 1. The number of benzene rings is 1. The van der Waals surface area contributed by atoms with Gasteiger partial charge in [0.2, 0.25) is 0 Å². The summed E-state index contributed by atoms with van der Waals surface area (Å²) in [6.45, 7) is 8.39.